The van der Waals surface area contributed by atoms with E-state index in [9.17, 15) is 0 Å². The second-order valence-electron chi connectivity index (χ2n) is 4.47. The highest BCUT2D eigenvalue weighted by molar-refractivity contribution is 6.24. The number of hydrogen-bond donors (Lipinski definition) is 0. The van der Waals surface area contributed by atoms with Crippen LogP contribution in [0.1, 0.15) is 11.1 Å². The Balaban J connectivity index is 1.98. The van der Waals surface area contributed by atoms with Crippen LogP contribution in [-0.2, 0) is 0 Å². The second-order valence-corrected chi connectivity index (χ2v) is 4.47. The second kappa shape index (κ2) is 2.92. The first-order chi connectivity index (χ1) is 8.39. The third-order valence-corrected chi connectivity index (χ3v) is 3.52. The van der Waals surface area contributed by atoms with Crippen molar-refractivity contribution in [1.82, 2.24) is 0 Å². The molecule has 0 saturated heterocycles. The van der Waals surface area contributed by atoms with Gasteiger partial charge in [0.2, 0.25) is 0 Å². The molecule has 1 spiro atoms. The molecule has 2 aliphatic heterocycles. The van der Waals surface area contributed by atoms with Crippen molar-refractivity contribution in [3.63, 3.8) is 0 Å². The Morgan fingerprint density at radius 2 is 1.88 bits per heavy atom. The largest absolute Gasteiger partial charge is 0.268 e. The zero-order chi connectivity index (χ0) is 11.3. The lowest BCUT2D eigenvalue weighted by Gasteiger charge is -2.24. The zero-order valence-electron chi connectivity index (χ0n) is 9.17. The van der Waals surface area contributed by atoms with Crippen LogP contribution in [0.3, 0.4) is 0 Å². The molecule has 2 heteroatoms. The number of aliphatic imine (C=N–C) groups is 2. The van der Waals surface area contributed by atoms with Gasteiger partial charge in [0.25, 0.3) is 0 Å². The van der Waals surface area contributed by atoms with Crippen LogP contribution in [0.5, 0.6) is 0 Å². The monoisotopic (exact) mass is 218 g/mol. The normalized spacial score (nSPS) is 27.1. The summed E-state index contributed by atoms with van der Waals surface area (Å²) in [5.74, 6) is 0. The van der Waals surface area contributed by atoms with E-state index >= 15 is 0 Å². The summed E-state index contributed by atoms with van der Waals surface area (Å²) in [5, 5.41) is 0. The third kappa shape index (κ3) is 1.04. The van der Waals surface area contributed by atoms with Crippen molar-refractivity contribution in [3.05, 3.63) is 65.5 Å². The summed E-state index contributed by atoms with van der Waals surface area (Å²) in [4.78, 5) is 8.75. The fourth-order valence-corrected chi connectivity index (χ4v) is 2.64. The van der Waals surface area contributed by atoms with Crippen molar-refractivity contribution in [3.8, 4) is 0 Å². The Bertz CT molecular complexity index is 645. The Morgan fingerprint density at radius 3 is 2.76 bits per heavy atom. The number of allylic oxidation sites excluding steroid dienone is 3. The topological polar surface area (TPSA) is 24.7 Å². The molecule has 1 aliphatic carbocycles. The minimum absolute atomic E-state index is 0.171. The van der Waals surface area contributed by atoms with Crippen molar-refractivity contribution in [2.75, 3.05) is 0 Å². The number of rotatable bonds is 0. The highest BCUT2D eigenvalue weighted by Crippen LogP contribution is 2.42. The lowest BCUT2D eigenvalue weighted by Crippen LogP contribution is -2.24. The molecule has 3 aliphatic rings. The smallest absolute Gasteiger partial charge is 0.0755 e. The summed E-state index contributed by atoms with van der Waals surface area (Å²) >= 11 is 0. The van der Waals surface area contributed by atoms with Gasteiger partial charge in [-0.05, 0) is 29.4 Å². The third-order valence-electron chi connectivity index (χ3n) is 3.52. The van der Waals surface area contributed by atoms with E-state index in [2.05, 4.69) is 52.5 Å². The first kappa shape index (κ1) is 8.88. The first-order valence-corrected chi connectivity index (χ1v) is 5.69. The van der Waals surface area contributed by atoms with Crippen LogP contribution in [0, 0.1) is 5.41 Å². The van der Waals surface area contributed by atoms with Gasteiger partial charge in [-0.15, -0.1) is 0 Å². The average Bonchev–Trinajstić information content (AvgIpc) is 2.96. The lowest BCUT2D eigenvalue weighted by atomic mass is 9.79. The summed E-state index contributed by atoms with van der Waals surface area (Å²) < 4.78 is 0. The standard InChI is InChI=1S/C15H10N2/c1-2-4-12-11(3-1)9-13-14(12)17-8-6-15(13)5-7-16-10-15/h1-10H. The molecule has 2 heterocycles. The molecule has 2 nitrogen and oxygen atoms in total. The van der Waals surface area contributed by atoms with E-state index in [-0.39, 0.29) is 5.41 Å². The van der Waals surface area contributed by atoms with Gasteiger partial charge in [-0.2, -0.15) is 0 Å². The van der Waals surface area contributed by atoms with E-state index in [0.717, 1.165) is 5.71 Å². The molecule has 1 atom stereocenters. The summed E-state index contributed by atoms with van der Waals surface area (Å²) in [6, 6.07) is 8.38. The van der Waals surface area contributed by atoms with Crippen molar-refractivity contribution in [2.24, 2.45) is 15.4 Å². The average molecular weight is 218 g/mol. The van der Waals surface area contributed by atoms with Crippen molar-refractivity contribution in [2.45, 2.75) is 0 Å². The highest BCUT2D eigenvalue weighted by atomic mass is 14.8. The van der Waals surface area contributed by atoms with Gasteiger partial charge in [0.1, 0.15) is 0 Å². The van der Waals surface area contributed by atoms with Crippen molar-refractivity contribution >= 4 is 18.0 Å². The van der Waals surface area contributed by atoms with Crippen LogP contribution in [-0.4, -0.2) is 11.9 Å². The van der Waals surface area contributed by atoms with E-state index in [1.54, 1.807) is 0 Å². The van der Waals surface area contributed by atoms with Gasteiger partial charge in [-0.25, -0.2) is 0 Å². The van der Waals surface area contributed by atoms with E-state index in [1.165, 1.54) is 16.7 Å². The minimum Gasteiger partial charge on any atom is -0.268 e. The molecular formula is C15H10N2. The first-order valence-electron chi connectivity index (χ1n) is 5.69. The van der Waals surface area contributed by atoms with Gasteiger partial charge in [-0.3, -0.25) is 9.98 Å². The highest BCUT2D eigenvalue weighted by Gasteiger charge is 2.37. The summed E-state index contributed by atoms with van der Waals surface area (Å²) in [5.41, 5.74) is 4.62. The van der Waals surface area contributed by atoms with Crippen LogP contribution in [0.15, 0.2) is 64.4 Å². The van der Waals surface area contributed by atoms with Gasteiger partial charge in [0, 0.05) is 24.2 Å². The van der Waals surface area contributed by atoms with E-state index in [1.807, 2.05) is 18.6 Å². The van der Waals surface area contributed by atoms with Gasteiger partial charge in [0.15, 0.2) is 0 Å². The molecule has 0 saturated carbocycles. The maximum atomic E-state index is 4.52. The Hall–Kier alpha value is -2.22. The zero-order valence-corrected chi connectivity index (χ0v) is 9.17. The lowest BCUT2D eigenvalue weighted by molar-refractivity contribution is 0.880. The van der Waals surface area contributed by atoms with Crippen LogP contribution in [0.25, 0.3) is 6.08 Å². The SMILES string of the molecule is C1=CC2(C=CN=C3C2=Cc2ccccc23)C=N1. The Labute approximate surface area is 99.4 Å². The predicted molar refractivity (Wildman–Crippen MR) is 70.2 cm³/mol. The molecule has 1 aromatic rings. The Kier molecular flexibility index (Phi) is 1.52. The fraction of sp³-hybridized carbons (Fsp3) is 0.0667. The van der Waals surface area contributed by atoms with Gasteiger partial charge >= 0.3 is 0 Å². The van der Waals surface area contributed by atoms with Gasteiger partial charge < -0.3 is 0 Å². The molecule has 1 aromatic carbocycles. The summed E-state index contributed by atoms with van der Waals surface area (Å²) in [6.45, 7) is 0. The van der Waals surface area contributed by atoms with Crippen molar-refractivity contribution in [1.29, 1.82) is 0 Å². The molecule has 17 heavy (non-hydrogen) atoms. The molecule has 0 radical (unpaired) electrons. The molecule has 4 rings (SSSR count). The van der Waals surface area contributed by atoms with Gasteiger partial charge in [-0.1, -0.05) is 24.3 Å². The molecule has 0 N–H and O–H groups in total. The molecule has 0 bridgehead atoms. The molecule has 0 aromatic heterocycles. The predicted octanol–water partition coefficient (Wildman–Crippen LogP) is 2.98. The number of benzene rings is 1. The van der Waals surface area contributed by atoms with Crippen LogP contribution in [0.4, 0.5) is 0 Å². The van der Waals surface area contributed by atoms with E-state index in [4.69, 9.17) is 0 Å². The quantitative estimate of drug-likeness (QED) is 0.639. The molecule has 0 amide bonds. The number of hydrogen-bond acceptors (Lipinski definition) is 2. The molecular weight excluding hydrogens is 208 g/mol. The molecule has 1 unspecified atom stereocenters. The van der Waals surface area contributed by atoms with E-state index in [0.29, 0.717) is 0 Å². The summed E-state index contributed by atoms with van der Waals surface area (Å²) in [7, 11) is 0. The maximum Gasteiger partial charge on any atom is 0.0755 e. The fourth-order valence-electron chi connectivity index (χ4n) is 2.64. The van der Waals surface area contributed by atoms with Crippen LogP contribution >= 0.6 is 0 Å². The molecule has 0 fully saturated rings. The Morgan fingerprint density at radius 1 is 1.00 bits per heavy atom. The van der Waals surface area contributed by atoms with Crippen LogP contribution < -0.4 is 0 Å². The van der Waals surface area contributed by atoms with Gasteiger partial charge in [0.05, 0.1) is 11.1 Å². The van der Waals surface area contributed by atoms with E-state index < -0.39 is 0 Å². The minimum atomic E-state index is -0.171. The maximum absolute atomic E-state index is 4.52. The molecule has 80 valence electrons. The van der Waals surface area contributed by atoms with Crippen molar-refractivity contribution < 1.29 is 0 Å². The number of fused-ring (bicyclic) bond motifs is 4. The van der Waals surface area contributed by atoms with Crippen LogP contribution in [0.2, 0.25) is 0 Å². The number of nitrogens with zero attached hydrogens (tertiary/aromatic N) is 2. The summed E-state index contributed by atoms with van der Waals surface area (Å²) in [6.07, 6.45) is 12.2.